The van der Waals surface area contributed by atoms with Crippen molar-refractivity contribution in [1.29, 1.82) is 0 Å². The molecule has 6 heteroatoms. The van der Waals surface area contributed by atoms with Crippen molar-refractivity contribution < 1.29 is 0 Å². The summed E-state index contributed by atoms with van der Waals surface area (Å²) in [7, 11) is 2.18. The lowest BCUT2D eigenvalue weighted by Gasteiger charge is -2.19. The van der Waals surface area contributed by atoms with Crippen LogP contribution < -0.4 is 5.32 Å². The maximum atomic E-state index is 6.31. The fraction of sp³-hybridized carbons (Fsp3) is 0.538. The fourth-order valence-electron chi connectivity index (χ4n) is 2.55. The number of nitrogens with zero attached hydrogens (tertiary/aromatic N) is 3. The zero-order valence-electron chi connectivity index (χ0n) is 10.9. The highest BCUT2D eigenvalue weighted by Gasteiger charge is 2.18. The first kappa shape index (κ1) is 13.1. The molecular formula is C13H17ClN4S. The maximum absolute atomic E-state index is 6.31. The molecule has 0 bridgehead atoms. The van der Waals surface area contributed by atoms with E-state index < -0.39 is 0 Å². The van der Waals surface area contributed by atoms with E-state index in [-0.39, 0.29) is 0 Å². The van der Waals surface area contributed by atoms with E-state index in [1.807, 2.05) is 12.1 Å². The molecule has 3 rings (SSSR count). The molecule has 1 unspecified atom stereocenters. The Hall–Kier alpha value is -0.910. The summed E-state index contributed by atoms with van der Waals surface area (Å²) in [5.41, 5.74) is 2.76. The zero-order chi connectivity index (χ0) is 13.2. The van der Waals surface area contributed by atoms with E-state index >= 15 is 0 Å². The van der Waals surface area contributed by atoms with Gasteiger partial charge in [0.1, 0.15) is 11.0 Å². The third kappa shape index (κ3) is 2.83. The molecule has 0 aliphatic carbocycles. The second-order valence-electron chi connectivity index (χ2n) is 5.13. The van der Waals surface area contributed by atoms with Gasteiger partial charge in [0, 0.05) is 6.04 Å². The van der Waals surface area contributed by atoms with Crippen LogP contribution in [0.4, 0.5) is 5.69 Å². The van der Waals surface area contributed by atoms with E-state index in [1.165, 1.54) is 31.1 Å². The minimum Gasteiger partial charge on any atom is -0.379 e. The summed E-state index contributed by atoms with van der Waals surface area (Å²) in [6.07, 6.45) is 3.53. The molecule has 1 fully saturated rings. The van der Waals surface area contributed by atoms with Crippen molar-refractivity contribution in [2.75, 3.05) is 25.5 Å². The van der Waals surface area contributed by atoms with Crippen LogP contribution in [0.5, 0.6) is 0 Å². The normalized spacial score (nSPS) is 21.5. The van der Waals surface area contributed by atoms with E-state index in [0.29, 0.717) is 6.04 Å². The zero-order valence-corrected chi connectivity index (χ0v) is 12.5. The predicted octanol–water partition coefficient (Wildman–Crippen LogP) is 3.24. The van der Waals surface area contributed by atoms with Crippen molar-refractivity contribution in [2.45, 2.75) is 25.3 Å². The van der Waals surface area contributed by atoms with Gasteiger partial charge in [0.15, 0.2) is 0 Å². The van der Waals surface area contributed by atoms with Gasteiger partial charge in [-0.2, -0.15) is 8.75 Å². The Balaban J connectivity index is 1.84. The second-order valence-corrected chi connectivity index (χ2v) is 6.07. The van der Waals surface area contributed by atoms with Crippen LogP contribution in [0.25, 0.3) is 11.0 Å². The molecule has 0 saturated carbocycles. The second kappa shape index (κ2) is 5.61. The Morgan fingerprint density at radius 3 is 3.11 bits per heavy atom. The highest BCUT2D eigenvalue weighted by atomic mass is 35.5. The third-order valence-corrected chi connectivity index (χ3v) is 4.53. The van der Waals surface area contributed by atoms with Crippen molar-refractivity contribution in [3.05, 3.63) is 17.2 Å². The lowest BCUT2D eigenvalue weighted by atomic mass is 10.1. The highest BCUT2D eigenvalue weighted by Crippen LogP contribution is 2.31. The summed E-state index contributed by atoms with van der Waals surface area (Å²) in [5.74, 6) is 0. The van der Waals surface area contributed by atoms with Crippen molar-refractivity contribution >= 4 is 40.0 Å². The molecule has 19 heavy (non-hydrogen) atoms. The van der Waals surface area contributed by atoms with Crippen LogP contribution in [0.1, 0.15) is 19.3 Å². The van der Waals surface area contributed by atoms with E-state index in [1.54, 1.807) is 0 Å². The molecule has 0 amide bonds. The molecule has 1 aliphatic rings. The van der Waals surface area contributed by atoms with Gasteiger partial charge in [0.2, 0.25) is 0 Å². The lowest BCUT2D eigenvalue weighted by molar-refractivity contribution is 0.348. The SMILES string of the molecule is CN1CCCC(Nc2c(Cl)ccc3nsnc23)CC1. The molecule has 2 heterocycles. The molecular weight excluding hydrogens is 280 g/mol. The van der Waals surface area contributed by atoms with Gasteiger partial charge >= 0.3 is 0 Å². The molecule has 4 nitrogen and oxygen atoms in total. The Morgan fingerprint density at radius 2 is 2.21 bits per heavy atom. The molecule has 1 aromatic carbocycles. The Kier molecular flexibility index (Phi) is 3.86. The fourth-order valence-corrected chi connectivity index (χ4v) is 3.30. The van der Waals surface area contributed by atoms with Gasteiger partial charge in [-0.25, -0.2) is 0 Å². The van der Waals surface area contributed by atoms with Crippen LogP contribution in [-0.4, -0.2) is 39.8 Å². The molecule has 0 radical (unpaired) electrons. The number of likely N-dealkylation sites (tertiary alicyclic amines) is 1. The summed E-state index contributed by atoms with van der Waals surface area (Å²) < 4.78 is 8.62. The molecule has 102 valence electrons. The third-order valence-electron chi connectivity index (χ3n) is 3.68. The van der Waals surface area contributed by atoms with Gasteiger partial charge in [-0.15, -0.1) is 0 Å². The summed E-state index contributed by atoms with van der Waals surface area (Å²) in [5, 5.41) is 4.32. The quantitative estimate of drug-likeness (QED) is 0.924. The number of benzene rings is 1. The smallest absolute Gasteiger partial charge is 0.129 e. The lowest BCUT2D eigenvalue weighted by Crippen LogP contribution is -2.23. The van der Waals surface area contributed by atoms with Gasteiger partial charge in [-0.1, -0.05) is 11.6 Å². The molecule has 0 spiro atoms. The van der Waals surface area contributed by atoms with Crippen molar-refractivity contribution in [1.82, 2.24) is 13.6 Å². The number of hydrogen-bond acceptors (Lipinski definition) is 5. The minimum atomic E-state index is 0.467. The summed E-state index contributed by atoms with van der Waals surface area (Å²) in [6, 6.07) is 4.29. The Labute approximate surface area is 122 Å². The average Bonchev–Trinajstić information content (AvgIpc) is 2.78. The van der Waals surface area contributed by atoms with Crippen molar-refractivity contribution in [3.8, 4) is 0 Å². The van der Waals surface area contributed by atoms with E-state index in [9.17, 15) is 0 Å². The van der Waals surface area contributed by atoms with Gasteiger partial charge < -0.3 is 10.2 Å². The molecule has 1 aliphatic heterocycles. The number of aromatic nitrogens is 2. The maximum Gasteiger partial charge on any atom is 0.129 e. The molecule has 1 saturated heterocycles. The van der Waals surface area contributed by atoms with Crippen LogP contribution >= 0.6 is 23.3 Å². The van der Waals surface area contributed by atoms with Gasteiger partial charge in [-0.05, 0) is 51.5 Å². The summed E-state index contributed by atoms with van der Waals surface area (Å²) in [4.78, 5) is 2.38. The Bertz CT molecular complexity index is 571. The first-order valence-electron chi connectivity index (χ1n) is 6.60. The number of hydrogen-bond donors (Lipinski definition) is 1. The topological polar surface area (TPSA) is 41.0 Å². The monoisotopic (exact) mass is 296 g/mol. The van der Waals surface area contributed by atoms with Crippen LogP contribution in [0.2, 0.25) is 5.02 Å². The number of anilines is 1. The van der Waals surface area contributed by atoms with Crippen LogP contribution in [0.3, 0.4) is 0 Å². The minimum absolute atomic E-state index is 0.467. The van der Waals surface area contributed by atoms with E-state index in [4.69, 9.17) is 11.6 Å². The first-order valence-corrected chi connectivity index (χ1v) is 7.71. The van der Waals surface area contributed by atoms with Gasteiger partial charge in [0.05, 0.1) is 22.4 Å². The predicted molar refractivity (Wildman–Crippen MR) is 81.2 cm³/mol. The van der Waals surface area contributed by atoms with Crippen LogP contribution in [-0.2, 0) is 0 Å². The largest absolute Gasteiger partial charge is 0.379 e. The number of nitrogens with one attached hydrogen (secondary N) is 1. The summed E-state index contributed by atoms with van der Waals surface area (Å²) in [6.45, 7) is 2.30. The molecule has 2 aromatic rings. The van der Waals surface area contributed by atoms with Crippen LogP contribution in [0.15, 0.2) is 12.1 Å². The summed E-state index contributed by atoms with van der Waals surface area (Å²) >= 11 is 7.55. The standard InChI is InChI=1S/C13H17ClN4S/c1-18-7-2-3-9(6-8-18)15-12-10(14)4-5-11-13(12)17-19-16-11/h4-5,9,15H,2-3,6-8H2,1H3. The molecule has 1 N–H and O–H groups in total. The van der Waals surface area contributed by atoms with Gasteiger partial charge in [0.25, 0.3) is 0 Å². The number of halogens is 1. The van der Waals surface area contributed by atoms with Crippen molar-refractivity contribution in [2.24, 2.45) is 0 Å². The highest BCUT2D eigenvalue weighted by molar-refractivity contribution is 7.00. The molecule has 1 atom stereocenters. The Morgan fingerprint density at radius 1 is 1.32 bits per heavy atom. The van der Waals surface area contributed by atoms with E-state index in [0.717, 1.165) is 34.7 Å². The molecule has 1 aromatic heterocycles. The number of fused-ring (bicyclic) bond motifs is 1. The number of rotatable bonds is 2. The van der Waals surface area contributed by atoms with Crippen molar-refractivity contribution in [3.63, 3.8) is 0 Å². The average molecular weight is 297 g/mol. The van der Waals surface area contributed by atoms with Gasteiger partial charge in [-0.3, -0.25) is 0 Å². The van der Waals surface area contributed by atoms with E-state index in [2.05, 4.69) is 26.0 Å². The first-order chi connectivity index (χ1) is 9.24. The van der Waals surface area contributed by atoms with Crippen LogP contribution in [0, 0.1) is 0 Å².